The summed E-state index contributed by atoms with van der Waals surface area (Å²) in [7, 11) is 0. The zero-order valence-electron chi connectivity index (χ0n) is 9.69. The molecule has 3 rings (SSSR count). The molecule has 0 unspecified atom stereocenters. The average Bonchev–Trinajstić information content (AvgIpc) is 2.89. The maximum Gasteiger partial charge on any atom is 0.417 e. The van der Waals surface area contributed by atoms with Crippen molar-refractivity contribution >= 4 is 11.1 Å². The highest BCUT2D eigenvalue weighted by Gasteiger charge is 2.14. The van der Waals surface area contributed by atoms with E-state index in [2.05, 4.69) is 10.1 Å². The number of hydrogen-bond donors (Lipinski definition) is 2. The van der Waals surface area contributed by atoms with Crippen LogP contribution < -0.4 is 11.5 Å². The van der Waals surface area contributed by atoms with Crippen LogP contribution in [0.4, 0.5) is 0 Å². The Morgan fingerprint density at radius 3 is 3.06 bits per heavy atom. The predicted molar refractivity (Wildman–Crippen MR) is 65.0 cm³/mol. The molecule has 3 N–H and O–H groups in total. The van der Waals surface area contributed by atoms with E-state index in [-0.39, 0.29) is 0 Å². The minimum atomic E-state index is -0.475. The summed E-state index contributed by atoms with van der Waals surface area (Å²) >= 11 is 0. The van der Waals surface area contributed by atoms with Gasteiger partial charge in [-0.15, -0.1) is 0 Å². The molecule has 0 bridgehead atoms. The van der Waals surface area contributed by atoms with Gasteiger partial charge in [0, 0.05) is 17.7 Å². The van der Waals surface area contributed by atoms with Crippen molar-refractivity contribution in [3.63, 3.8) is 0 Å². The summed E-state index contributed by atoms with van der Waals surface area (Å²) in [4.78, 5) is 13.7. The van der Waals surface area contributed by atoms with Crippen LogP contribution in [0.5, 0.6) is 0 Å². The topological polar surface area (TPSA) is 98.0 Å². The lowest BCUT2D eigenvalue weighted by Gasteiger charge is -1.99. The van der Waals surface area contributed by atoms with Gasteiger partial charge in [0.05, 0.1) is 5.52 Å². The number of fused-ring (bicyclic) bond motifs is 1. The summed E-state index contributed by atoms with van der Waals surface area (Å²) < 4.78 is 10.1. The molecule has 0 atom stereocenters. The molecule has 2 aromatic heterocycles. The summed E-state index contributed by atoms with van der Waals surface area (Å²) in [6.07, 6.45) is 0. The fourth-order valence-corrected chi connectivity index (χ4v) is 1.95. The zero-order chi connectivity index (χ0) is 12.7. The standard InChI is InChI=1S/C12H11N3O3/c1-6-8(5-13)11(15-18-6)7-2-3-9-10(4-7)17-12(16)14-9/h2-4H,5,13H2,1H3,(H,14,16). The van der Waals surface area contributed by atoms with Gasteiger partial charge in [-0.25, -0.2) is 4.79 Å². The van der Waals surface area contributed by atoms with Crippen LogP contribution in [-0.4, -0.2) is 10.1 Å². The molecule has 0 aliphatic carbocycles. The molecule has 92 valence electrons. The number of H-pyrrole nitrogens is 1. The molecule has 0 saturated carbocycles. The van der Waals surface area contributed by atoms with E-state index in [0.717, 1.165) is 11.1 Å². The Hall–Kier alpha value is -2.34. The first-order valence-electron chi connectivity index (χ1n) is 5.47. The molecule has 0 aliphatic heterocycles. The number of aryl methyl sites for hydroxylation is 1. The lowest BCUT2D eigenvalue weighted by molar-refractivity contribution is 0.398. The molecule has 0 saturated heterocycles. The predicted octanol–water partition coefficient (Wildman–Crippen LogP) is 1.54. The number of nitrogens with one attached hydrogen (secondary N) is 1. The van der Waals surface area contributed by atoms with Crippen LogP contribution in [0, 0.1) is 6.92 Å². The van der Waals surface area contributed by atoms with Crippen LogP contribution in [-0.2, 0) is 6.54 Å². The number of nitrogens with zero attached hydrogens (tertiary/aromatic N) is 1. The maximum atomic E-state index is 11.1. The average molecular weight is 245 g/mol. The van der Waals surface area contributed by atoms with Gasteiger partial charge in [0.25, 0.3) is 0 Å². The molecule has 0 spiro atoms. The first kappa shape index (κ1) is 10.8. The van der Waals surface area contributed by atoms with Crippen LogP contribution in [0.15, 0.2) is 31.9 Å². The van der Waals surface area contributed by atoms with E-state index in [0.29, 0.717) is 29.1 Å². The Bertz CT molecular complexity index is 766. The van der Waals surface area contributed by atoms with Gasteiger partial charge in [-0.1, -0.05) is 11.2 Å². The van der Waals surface area contributed by atoms with E-state index < -0.39 is 5.76 Å². The van der Waals surface area contributed by atoms with Crippen molar-refractivity contribution in [3.8, 4) is 11.3 Å². The number of benzene rings is 1. The van der Waals surface area contributed by atoms with Crippen LogP contribution >= 0.6 is 0 Å². The van der Waals surface area contributed by atoms with Crippen molar-refractivity contribution in [3.05, 3.63) is 40.1 Å². The van der Waals surface area contributed by atoms with Crippen LogP contribution in [0.1, 0.15) is 11.3 Å². The van der Waals surface area contributed by atoms with Gasteiger partial charge >= 0.3 is 5.76 Å². The number of nitrogens with two attached hydrogens (primary N) is 1. The monoisotopic (exact) mass is 245 g/mol. The summed E-state index contributed by atoms with van der Waals surface area (Å²) in [6, 6.07) is 5.34. The second-order valence-electron chi connectivity index (χ2n) is 4.00. The molecule has 0 fully saturated rings. The number of hydrogen-bond acceptors (Lipinski definition) is 5. The second kappa shape index (κ2) is 3.85. The molecule has 1 aromatic carbocycles. The van der Waals surface area contributed by atoms with E-state index in [1.54, 1.807) is 12.1 Å². The lowest BCUT2D eigenvalue weighted by atomic mass is 10.1. The summed E-state index contributed by atoms with van der Waals surface area (Å²) in [5, 5.41) is 3.99. The number of oxazole rings is 1. The first-order valence-corrected chi connectivity index (χ1v) is 5.47. The van der Waals surface area contributed by atoms with Gasteiger partial charge in [0.2, 0.25) is 0 Å². The van der Waals surface area contributed by atoms with Gasteiger partial charge in [-0.2, -0.15) is 0 Å². The molecule has 0 radical (unpaired) electrons. The van der Waals surface area contributed by atoms with Gasteiger partial charge in [0.15, 0.2) is 5.58 Å². The zero-order valence-corrected chi connectivity index (χ0v) is 9.69. The molecule has 6 nitrogen and oxygen atoms in total. The lowest BCUT2D eigenvalue weighted by Crippen LogP contribution is -1.98. The molecule has 18 heavy (non-hydrogen) atoms. The third-order valence-electron chi connectivity index (χ3n) is 2.88. The van der Waals surface area contributed by atoms with Gasteiger partial charge in [-0.05, 0) is 19.1 Å². The quantitative estimate of drug-likeness (QED) is 0.713. The Morgan fingerprint density at radius 2 is 2.28 bits per heavy atom. The minimum absolute atomic E-state index is 0.347. The largest absolute Gasteiger partial charge is 0.417 e. The SMILES string of the molecule is Cc1onc(-c2ccc3[nH]c(=O)oc3c2)c1CN. The molecule has 0 amide bonds. The third kappa shape index (κ3) is 1.54. The third-order valence-corrected chi connectivity index (χ3v) is 2.88. The van der Waals surface area contributed by atoms with E-state index in [1.165, 1.54) is 0 Å². The van der Waals surface area contributed by atoms with Crippen molar-refractivity contribution in [2.24, 2.45) is 5.73 Å². The summed E-state index contributed by atoms with van der Waals surface area (Å²) in [5.41, 5.74) is 9.15. The highest BCUT2D eigenvalue weighted by Crippen LogP contribution is 2.27. The minimum Gasteiger partial charge on any atom is -0.408 e. The fraction of sp³-hybridized carbons (Fsp3) is 0.167. The fourth-order valence-electron chi connectivity index (χ4n) is 1.95. The normalized spacial score (nSPS) is 11.2. The van der Waals surface area contributed by atoms with Crippen molar-refractivity contribution in [1.29, 1.82) is 0 Å². The van der Waals surface area contributed by atoms with E-state index in [9.17, 15) is 4.79 Å². The second-order valence-corrected chi connectivity index (χ2v) is 4.00. The molecule has 3 aromatic rings. The first-order chi connectivity index (χ1) is 8.69. The highest BCUT2D eigenvalue weighted by molar-refractivity contribution is 5.79. The van der Waals surface area contributed by atoms with Gasteiger partial charge < -0.3 is 14.7 Å². The number of rotatable bonds is 2. The Balaban J connectivity index is 2.21. The van der Waals surface area contributed by atoms with Crippen molar-refractivity contribution < 1.29 is 8.94 Å². The van der Waals surface area contributed by atoms with E-state index in [1.807, 2.05) is 13.0 Å². The van der Waals surface area contributed by atoms with Crippen LogP contribution in [0.3, 0.4) is 0 Å². The van der Waals surface area contributed by atoms with E-state index >= 15 is 0 Å². The molecule has 0 aliphatic rings. The summed E-state index contributed by atoms with van der Waals surface area (Å²) in [5.74, 6) is 0.223. The van der Waals surface area contributed by atoms with Gasteiger partial charge in [0.1, 0.15) is 11.5 Å². The Morgan fingerprint density at radius 1 is 1.44 bits per heavy atom. The number of aromatic amines is 1. The smallest absolute Gasteiger partial charge is 0.408 e. The Labute approximate surface area is 101 Å². The molecular formula is C12H11N3O3. The maximum absolute atomic E-state index is 11.1. The van der Waals surface area contributed by atoms with Gasteiger partial charge in [-0.3, -0.25) is 4.98 Å². The van der Waals surface area contributed by atoms with Crippen molar-refractivity contribution in [1.82, 2.24) is 10.1 Å². The highest BCUT2D eigenvalue weighted by atomic mass is 16.5. The summed E-state index contributed by atoms with van der Waals surface area (Å²) in [6.45, 7) is 2.16. The van der Waals surface area contributed by atoms with Crippen LogP contribution in [0.25, 0.3) is 22.4 Å². The van der Waals surface area contributed by atoms with Crippen molar-refractivity contribution in [2.75, 3.05) is 0 Å². The molecule has 6 heteroatoms. The number of aromatic nitrogens is 2. The van der Waals surface area contributed by atoms with E-state index in [4.69, 9.17) is 14.7 Å². The van der Waals surface area contributed by atoms with Crippen molar-refractivity contribution in [2.45, 2.75) is 13.5 Å². The van der Waals surface area contributed by atoms with Crippen LogP contribution in [0.2, 0.25) is 0 Å². The molecular weight excluding hydrogens is 234 g/mol. The Kier molecular flexibility index (Phi) is 2.31. The molecule has 2 heterocycles.